The lowest BCUT2D eigenvalue weighted by atomic mass is 9.46. The van der Waals surface area contributed by atoms with Gasteiger partial charge in [0.05, 0.1) is 11.9 Å². The van der Waals surface area contributed by atoms with E-state index in [0.717, 1.165) is 6.42 Å². The summed E-state index contributed by atoms with van der Waals surface area (Å²) in [5.74, 6) is -0.874. The fourth-order valence-electron chi connectivity index (χ4n) is 5.81. The first kappa shape index (κ1) is 22.4. The van der Waals surface area contributed by atoms with Crippen molar-refractivity contribution in [1.29, 1.82) is 0 Å². The van der Waals surface area contributed by atoms with Crippen LogP contribution in [0.25, 0.3) is 11.2 Å². The highest BCUT2D eigenvalue weighted by Gasteiger charge is 2.64. The summed E-state index contributed by atoms with van der Waals surface area (Å²) in [6.07, 6.45) is -2.82. The number of carbonyl (C=O) groups excluding carboxylic acids is 1. The van der Waals surface area contributed by atoms with Gasteiger partial charge in [0.1, 0.15) is 23.3 Å². The summed E-state index contributed by atoms with van der Waals surface area (Å²) < 4.78 is 7.08. The van der Waals surface area contributed by atoms with Crippen molar-refractivity contribution >= 4 is 22.9 Å². The number of nitrogen functional groups attached to an aromatic ring is 1. The molecule has 9 atom stereocenters. The first-order chi connectivity index (χ1) is 15.5. The van der Waals surface area contributed by atoms with Crippen molar-refractivity contribution in [3.05, 3.63) is 12.2 Å². The van der Waals surface area contributed by atoms with E-state index in [1.807, 2.05) is 6.92 Å². The van der Waals surface area contributed by atoms with Crippen molar-refractivity contribution in [2.45, 2.75) is 69.4 Å². The molecular weight excluding hydrogens is 432 g/mol. The highest BCUT2D eigenvalue weighted by Crippen LogP contribution is 2.61. The van der Waals surface area contributed by atoms with Crippen LogP contribution in [-0.4, -0.2) is 76.3 Å². The SMILES string of the molecule is CCNC(=O)[C@H]1O[C@@H](n2cnc3c(N)nc([C@@]4(O)CC5CC([C@@H]4C)[C@@]5(C)O)nc32)C(O)[C@H]1O. The van der Waals surface area contributed by atoms with E-state index in [-0.39, 0.29) is 47.0 Å². The van der Waals surface area contributed by atoms with Crippen LogP contribution in [0.1, 0.15) is 45.7 Å². The molecule has 12 heteroatoms. The average molecular weight is 463 g/mol. The van der Waals surface area contributed by atoms with Gasteiger partial charge in [-0.25, -0.2) is 15.0 Å². The molecule has 2 aromatic rings. The van der Waals surface area contributed by atoms with Gasteiger partial charge in [-0.2, -0.15) is 0 Å². The number of likely N-dealkylation sites (N-methyl/N-ethyl adjacent to an activating group) is 1. The highest BCUT2D eigenvalue weighted by atomic mass is 16.6. The fraction of sp³-hybridized carbons (Fsp3) is 0.714. The lowest BCUT2D eigenvalue weighted by Gasteiger charge is -2.62. The molecule has 1 amide bonds. The minimum atomic E-state index is -1.45. The standard InChI is InChI=1S/C21H30N6O6/c1-4-23-17(30)14-12(28)13(29)18(33-14)27-7-24-11-15(22)25-19(26-16(11)27)21(32)6-9-5-10(8(21)2)20(9,3)31/h7-10,12-14,18,28-29,31-32H,4-6H2,1-3H3,(H,23,30)(H2,22,25,26)/t8-,9?,10?,12+,13?,14-,18+,20-,21+/m0/s1. The van der Waals surface area contributed by atoms with Gasteiger partial charge in [0.15, 0.2) is 29.6 Å². The van der Waals surface area contributed by atoms with Crippen LogP contribution in [0.3, 0.4) is 0 Å². The molecule has 0 spiro atoms. The van der Waals surface area contributed by atoms with Gasteiger partial charge in [0.2, 0.25) is 0 Å². The van der Waals surface area contributed by atoms with Gasteiger partial charge in [-0.05, 0) is 44.4 Å². The molecule has 6 rings (SSSR count). The molecule has 3 saturated carbocycles. The first-order valence-corrected chi connectivity index (χ1v) is 11.2. The number of nitrogens with zero attached hydrogens (tertiary/aromatic N) is 4. The average Bonchev–Trinajstić information content (AvgIpc) is 3.31. The van der Waals surface area contributed by atoms with Crippen molar-refractivity contribution in [3.63, 3.8) is 0 Å². The van der Waals surface area contributed by atoms with Crippen molar-refractivity contribution in [2.75, 3.05) is 12.3 Å². The molecule has 3 heterocycles. The van der Waals surface area contributed by atoms with Crippen LogP contribution < -0.4 is 11.1 Å². The number of amides is 1. The Balaban J connectivity index is 1.53. The van der Waals surface area contributed by atoms with E-state index in [1.54, 1.807) is 13.8 Å². The van der Waals surface area contributed by atoms with Gasteiger partial charge in [0.25, 0.3) is 5.91 Å². The lowest BCUT2D eigenvalue weighted by Crippen LogP contribution is -2.66. The van der Waals surface area contributed by atoms with Crippen molar-refractivity contribution in [3.8, 4) is 0 Å². The molecule has 180 valence electrons. The molecule has 12 nitrogen and oxygen atoms in total. The molecule has 4 aliphatic rings. The lowest BCUT2D eigenvalue weighted by molar-refractivity contribution is -0.256. The Labute approximate surface area is 189 Å². The molecule has 0 radical (unpaired) electrons. The Bertz CT molecular complexity index is 1110. The predicted molar refractivity (Wildman–Crippen MR) is 114 cm³/mol. The van der Waals surface area contributed by atoms with Crippen LogP contribution in [0, 0.1) is 17.8 Å². The van der Waals surface area contributed by atoms with Crippen molar-refractivity contribution in [2.24, 2.45) is 17.8 Å². The third kappa shape index (κ3) is 3.01. The van der Waals surface area contributed by atoms with Crippen LogP contribution in [0.15, 0.2) is 6.33 Å². The molecule has 2 aromatic heterocycles. The van der Waals surface area contributed by atoms with Gasteiger partial charge in [0, 0.05) is 6.54 Å². The summed E-state index contributed by atoms with van der Waals surface area (Å²) >= 11 is 0. The molecule has 7 N–H and O–H groups in total. The summed E-state index contributed by atoms with van der Waals surface area (Å²) in [6, 6.07) is 0. The van der Waals surface area contributed by atoms with Crippen LogP contribution in [-0.2, 0) is 15.1 Å². The molecule has 3 aliphatic carbocycles. The quantitative estimate of drug-likeness (QED) is 0.321. The molecule has 33 heavy (non-hydrogen) atoms. The van der Waals surface area contributed by atoms with E-state index in [1.165, 1.54) is 10.9 Å². The van der Waals surface area contributed by atoms with Gasteiger partial charge in [-0.3, -0.25) is 9.36 Å². The Kier molecular flexibility index (Phi) is 4.96. The maximum atomic E-state index is 12.2. The van der Waals surface area contributed by atoms with Crippen LogP contribution in [0.5, 0.6) is 0 Å². The van der Waals surface area contributed by atoms with Crippen LogP contribution >= 0.6 is 0 Å². The molecule has 1 saturated heterocycles. The number of hydrogen-bond donors (Lipinski definition) is 6. The molecule has 0 aromatic carbocycles. The van der Waals surface area contributed by atoms with Gasteiger partial charge in [-0.1, -0.05) is 6.92 Å². The van der Waals surface area contributed by atoms with E-state index in [4.69, 9.17) is 10.5 Å². The summed E-state index contributed by atoms with van der Waals surface area (Å²) in [4.78, 5) is 25.3. The van der Waals surface area contributed by atoms with Crippen LogP contribution in [0.2, 0.25) is 0 Å². The Morgan fingerprint density at radius 1 is 1.33 bits per heavy atom. The zero-order valence-electron chi connectivity index (χ0n) is 18.7. The number of ether oxygens (including phenoxy) is 1. The third-order valence-electron chi connectivity index (χ3n) is 7.99. The fourth-order valence-corrected chi connectivity index (χ4v) is 5.81. The van der Waals surface area contributed by atoms with Crippen molar-refractivity contribution < 1.29 is 30.0 Å². The summed E-state index contributed by atoms with van der Waals surface area (Å²) in [7, 11) is 0. The second-order valence-electron chi connectivity index (χ2n) is 9.76. The van der Waals surface area contributed by atoms with E-state index >= 15 is 0 Å². The number of anilines is 1. The zero-order chi connectivity index (χ0) is 23.9. The van der Waals surface area contributed by atoms with Gasteiger partial charge < -0.3 is 36.2 Å². The second-order valence-corrected chi connectivity index (χ2v) is 9.76. The largest absolute Gasteiger partial charge is 0.390 e. The van der Waals surface area contributed by atoms with Crippen LogP contribution in [0.4, 0.5) is 5.82 Å². The number of hydrogen-bond acceptors (Lipinski definition) is 10. The predicted octanol–water partition coefficient (Wildman–Crippen LogP) is -1.22. The van der Waals surface area contributed by atoms with E-state index < -0.39 is 41.6 Å². The zero-order valence-corrected chi connectivity index (χ0v) is 18.7. The third-order valence-corrected chi connectivity index (χ3v) is 7.99. The summed E-state index contributed by atoms with van der Waals surface area (Å²) in [5.41, 5.74) is 4.37. The second kappa shape index (κ2) is 7.31. The maximum Gasteiger partial charge on any atom is 0.252 e. The smallest absolute Gasteiger partial charge is 0.252 e. The number of aliphatic hydroxyl groups excluding tert-OH is 2. The number of rotatable bonds is 4. The molecule has 1 aliphatic heterocycles. The van der Waals surface area contributed by atoms with Gasteiger partial charge in [-0.15, -0.1) is 0 Å². The normalized spacial score (nSPS) is 42.3. The number of carbonyl (C=O) groups is 1. The number of nitrogens with one attached hydrogen (secondary N) is 1. The van der Waals surface area contributed by atoms with Crippen molar-refractivity contribution in [1.82, 2.24) is 24.8 Å². The van der Waals surface area contributed by atoms with E-state index in [0.29, 0.717) is 6.54 Å². The maximum absolute atomic E-state index is 12.2. The number of aromatic nitrogens is 4. The number of imidazole rings is 1. The Morgan fingerprint density at radius 3 is 2.70 bits per heavy atom. The monoisotopic (exact) mass is 462 g/mol. The first-order valence-electron chi connectivity index (χ1n) is 11.2. The molecule has 3 unspecified atom stereocenters. The van der Waals surface area contributed by atoms with Gasteiger partial charge >= 0.3 is 0 Å². The topological polar surface area (TPSA) is 189 Å². The molecule has 4 fully saturated rings. The minimum absolute atomic E-state index is 0.0497. The van der Waals surface area contributed by atoms with E-state index in [9.17, 15) is 25.2 Å². The molecule has 2 bridgehead atoms. The molecular formula is C21H30N6O6. The minimum Gasteiger partial charge on any atom is -0.390 e. The number of fused-ring (bicyclic) bond motifs is 3. The van der Waals surface area contributed by atoms with E-state index in [2.05, 4.69) is 20.3 Å². The number of aliphatic hydroxyl groups is 4. The Morgan fingerprint density at radius 2 is 2.06 bits per heavy atom. The Hall–Kier alpha value is -2.38. The summed E-state index contributed by atoms with van der Waals surface area (Å²) in [5, 5.41) is 45.8. The number of nitrogens with two attached hydrogens (primary N) is 1. The summed E-state index contributed by atoms with van der Waals surface area (Å²) in [6.45, 7) is 5.74. The highest BCUT2D eigenvalue weighted by molar-refractivity contribution is 5.83.